The lowest BCUT2D eigenvalue weighted by molar-refractivity contribution is -0.147. The second kappa shape index (κ2) is 7.06. The van der Waals surface area contributed by atoms with Crippen molar-refractivity contribution in [1.82, 2.24) is 9.38 Å². The molecule has 0 amide bonds. The number of carbonyl (C=O) groups excluding carboxylic acids is 1. The molecule has 4 aromatic rings. The van der Waals surface area contributed by atoms with Crippen LogP contribution in [0.2, 0.25) is 5.02 Å². The summed E-state index contributed by atoms with van der Waals surface area (Å²) >= 11 is 5.94. The summed E-state index contributed by atoms with van der Waals surface area (Å²) < 4.78 is 12.5. The highest BCUT2D eigenvalue weighted by atomic mass is 35.5. The number of benzene rings is 2. The molecule has 0 saturated carbocycles. The second-order valence-corrected chi connectivity index (χ2v) is 6.24. The average Bonchev–Trinajstić information content (AvgIpc) is 3.06. The van der Waals surface area contributed by atoms with Crippen LogP contribution >= 0.6 is 11.6 Å². The molecule has 6 heteroatoms. The Morgan fingerprint density at radius 1 is 1.04 bits per heavy atom. The smallest absolute Gasteiger partial charge is 0.344 e. The summed E-state index contributed by atoms with van der Waals surface area (Å²) in [6.07, 6.45) is 3.52. The zero-order chi connectivity index (χ0) is 17.9. The first-order valence-corrected chi connectivity index (χ1v) is 8.45. The minimum absolute atomic E-state index is 0.0826. The molecule has 0 spiro atoms. The normalized spacial score (nSPS) is 11.0. The van der Waals surface area contributed by atoms with Crippen LogP contribution in [0, 0.1) is 0 Å². The number of ether oxygens (including phenoxy) is 2. The molecule has 0 N–H and O–H groups in total. The van der Waals surface area contributed by atoms with E-state index >= 15 is 0 Å². The van der Waals surface area contributed by atoms with Crippen molar-refractivity contribution in [2.75, 3.05) is 6.61 Å². The van der Waals surface area contributed by atoms with Gasteiger partial charge >= 0.3 is 5.97 Å². The topological polar surface area (TPSA) is 52.8 Å². The molecule has 0 atom stereocenters. The number of imidazole rings is 1. The number of nitrogens with zero attached hydrogens (tertiary/aromatic N) is 2. The van der Waals surface area contributed by atoms with E-state index in [4.69, 9.17) is 21.1 Å². The largest absolute Gasteiger partial charge is 0.482 e. The number of halogens is 1. The Balaban J connectivity index is 1.34. The maximum atomic E-state index is 11.9. The van der Waals surface area contributed by atoms with Gasteiger partial charge in [0.25, 0.3) is 0 Å². The summed E-state index contributed by atoms with van der Waals surface area (Å²) in [5.41, 5.74) is 1.39. The third kappa shape index (κ3) is 3.63. The molecule has 0 bridgehead atoms. The van der Waals surface area contributed by atoms with E-state index in [0.717, 1.165) is 16.4 Å². The minimum Gasteiger partial charge on any atom is -0.482 e. The van der Waals surface area contributed by atoms with Gasteiger partial charge in [0.15, 0.2) is 6.61 Å². The van der Waals surface area contributed by atoms with Gasteiger partial charge < -0.3 is 13.9 Å². The number of pyridine rings is 1. The maximum Gasteiger partial charge on any atom is 0.344 e. The highest BCUT2D eigenvalue weighted by Gasteiger charge is 2.08. The molecule has 2 heterocycles. The number of esters is 1. The third-order valence-corrected chi connectivity index (χ3v) is 4.15. The Hall–Kier alpha value is -3.05. The van der Waals surface area contributed by atoms with E-state index < -0.39 is 5.97 Å². The predicted molar refractivity (Wildman–Crippen MR) is 99.4 cm³/mol. The molecule has 0 aliphatic carbocycles. The highest BCUT2D eigenvalue weighted by Crippen LogP contribution is 2.20. The van der Waals surface area contributed by atoms with Gasteiger partial charge in [0.1, 0.15) is 18.0 Å². The van der Waals surface area contributed by atoms with Gasteiger partial charge in [-0.15, -0.1) is 0 Å². The second-order valence-electron chi connectivity index (χ2n) is 5.80. The molecule has 0 fully saturated rings. The zero-order valence-corrected chi connectivity index (χ0v) is 14.5. The molecule has 4 rings (SSSR count). The fourth-order valence-corrected chi connectivity index (χ4v) is 2.85. The lowest BCUT2D eigenvalue weighted by atomic mass is 10.1. The minimum atomic E-state index is -0.451. The van der Waals surface area contributed by atoms with Crippen LogP contribution < -0.4 is 4.74 Å². The molecule has 0 aliphatic heterocycles. The Kier molecular flexibility index (Phi) is 4.46. The highest BCUT2D eigenvalue weighted by molar-refractivity contribution is 6.30. The van der Waals surface area contributed by atoms with E-state index in [0.29, 0.717) is 16.5 Å². The molecule has 2 aromatic carbocycles. The molecule has 5 nitrogen and oxygen atoms in total. The Morgan fingerprint density at radius 2 is 1.88 bits per heavy atom. The van der Waals surface area contributed by atoms with Crippen LogP contribution in [0.15, 0.2) is 67.0 Å². The first-order valence-electron chi connectivity index (χ1n) is 8.08. The van der Waals surface area contributed by atoms with Gasteiger partial charge in [0, 0.05) is 12.4 Å². The van der Waals surface area contributed by atoms with Crippen molar-refractivity contribution in [3.63, 3.8) is 0 Å². The first-order chi connectivity index (χ1) is 12.7. The molecule has 0 saturated heterocycles. The van der Waals surface area contributed by atoms with Crippen molar-refractivity contribution in [1.29, 1.82) is 0 Å². The van der Waals surface area contributed by atoms with Crippen LogP contribution in [0.5, 0.6) is 5.75 Å². The van der Waals surface area contributed by atoms with Crippen LogP contribution in [-0.2, 0) is 16.1 Å². The number of hydrogen-bond acceptors (Lipinski definition) is 4. The van der Waals surface area contributed by atoms with Crippen molar-refractivity contribution in [2.24, 2.45) is 0 Å². The summed E-state index contributed by atoms with van der Waals surface area (Å²) in [5, 5.41) is 2.79. The summed E-state index contributed by atoms with van der Waals surface area (Å²) in [6.45, 7) is -0.0727. The summed E-state index contributed by atoms with van der Waals surface area (Å²) in [4.78, 5) is 16.3. The maximum absolute atomic E-state index is 11.9. The number of rotatable bonds is 5. The number of carbonyl (C=O) groups is 1. The quantitative estimate of drug-likeness (QED) is 0.495. The number of hydrogen-bond donors (Lipinski definition) is 0. The monoisotopic (exact) mass is 366 g/mol. The van der Waals surface area contributed by atoms with Gasteiger partial charge in [0.2, 0.25) is 0 Å². The van der Waals surface area contributed by atoms with Crippen molar-refractivity contribution < 1.29 is 14.3 Å². The van der Waals surface area contributed by atoms with Crippen molar-refractivity contribution in [3.05, 3.63) is 77.7 Å². The molecule has 0 unspecified atom stereocenters. The van der Waals surface area contributed by atoms with Gasteiger partial charge in [-0.1, -0.05) is 41.9 Å². The number of aromatic nitrogens is 2. The van der Waals surface area contributed by atoms with Gasteiger partial charge in [-0.2, -0.15) is 0 Å². The predicted octanol–water partition coefficient (Wildman–Crippen LogP) is 4.26. The zero-order valence-electron chi connectivity index (χ0n) is 13.8. The summed E-state index contributed by atoms with van der Waals surface area (Å²) in [6, 6.07) is 17.2. The Morgan fingerprint density at radius 3 is 2.77 bits per heavy atom. The van der Waals surface area contributed by atoms with Gasteiger partial charge in [-0.3, -0.25) is 0 Å². The van der Waals surface area contributed by atoms with Crippen LogP contribution in [0.25, 0.3) is 16.4 Å². The SMILES string of the molecule is O=C(COc1ccc2ccccc2c1)OCc1cn2cc(Cl)ccc2n1. The van der Waals surface area contributed by atoms with Crippen LogP contribution in [0.1, 0.15) is 5.69 Å². The first kappa shape index (κ1) is 16.4. The molecular formula is C20H15ClN2O3. The van der Waals surface area contributed by atoms with E-state index in [-0.39, 0.29) is 13.2 Å². The lowest BCUT2D eigenvalue weighted by Crippen LogP contribution is -2.14. The Bertz CT molecular complexity index is 1090. The standard InChI is InChI=1S/C20H15ClN2O3/c21-16-6-8-19-22-17(11-23(19)10-16)12-26-20(24)13-25-18-7-5-14-3-1-2-4-15(14)9-18/h1-11H,12-13H2. The van der Waals surface area contributed by atoms with Crippen LogP contribution in [0.4, 0.5) is 0 Å². The van der Waals surface area contributed by atoms with E-state index in [1.54, 1.807) is 28.9 Å². The molecule has 26 heavy (non-hydrogen) atoms. The van der Waals surface area contributed by atoms with Crippen molar-refractivity contribution in [2.45, 2.75) is 6.61 Å². The van der Waals surface area contributed by atoms with Crippen molar-refractivity contribution >= 4 is 34.0 Å². The molecule has 0 aliphatic rings. The van der Waals surface area contributed by atoms with E-state index in [2.05, 4.69) is 4.98 Å². The average molecular weight is 367 g/mol. The summed E-state index contributed by atoms with van der Waals surface area (Å²) in [7, 11) is 0. The third-order valence-electron chi connectivity index (χ3n) is 3.92. The van der Waals surface area contributed by atoms with E-state index in [9.17, 15) is 4.79 Å². The van der Waals surface area contributed by atoms with E-state index in [1.165, 1.54) is 0 Å². The fraction of sp³-hybridized carbons (Fsp3) is 0.100. The molecule has 0 radical (unpaired) electrons. The summed E-state index contributed by atoms with van der Waals surface area (Å²) in [5.74, 6) is 0.177. The molecular weight excluding hydrogens is 352 g/mol. The van der Waals surface area contributed by atoms with Crippen molar-refractivity contribution in [3.8, 4) is 5.75 Å². The van der Waals surface area contributed by atoms with E-state index in [1.807, 2.05) is 42.5 Å². The van der Waals surface area contributed by atoms with Crippen LogP contribution in [-0.4, -0.2) is 22.0 Å². The fourth-order valence-electron chi connectivity index (χ4n) is 2.68. The molecule has 2 aromatic heterocycles. The number of fused-ring (bicyclic) bond motifs is 2. The molecule has 130 valence electrons. The lowest BCUT2D eigenvalue weighted by Gasteiger charge is -2.07. The van der Waals surface area contributed by atoms with Gasteiger partial charge in [-0.05, 0) is 35.0 Å². The Labute approximate surface area is 154 Å². The van der Waals surface area contributed by atoms with Gasteiger partial charge in [-0.25, -0.2) is 9.78 Å². The van der Waals surface area contributed by atoms with Gasteiger partial charge in [0.05, 0.1) is 10.7 Å². The van der Waals surface area contributed by atoms with Crippen LogP contribution in [0.3, 0.4) is 0 Å².